The fraction of sp³-hybridized carbons (Fsp3) is 0.0435. The van der Waals surface area contributed by atoms with E-state index in [1.807, 2.05) is 42.5 Å². The largest absolute Gasteiger partial charge is 0.337 e. The SMILES string of the molecule is O=C(Cn1cc(C(=O)c2ccccc2)c2ccccc21)Nc1ccc(F)cc1. The lowest BCUT2D eigenvalue weighted by Crippen LogP contribution is -2.18. The summed E-state index contributed by atoms with van der Waals surface area (Å²) in [5.41, 5.74) is 2.47. The van der Waals surface area contributed by atoms with Crippen molar-refractivity contribution in [2.75, 3.05) is 5.32 Å². The number of anilines is 1. The minimum Gasteiger partial charge on any atom is -0.337 e. The molecule has 0 atom stereocenters. The molecule has 1 heterocycles. The third-order valence-corrected chi connectivity index (χ3v) is 4.51. The first-order valence-corrected chi connectivity index (χ1v) is 8.85. The van der Waals surface area contributed by atoms with Crippen LogP contribution >= 0.6 is 0 Å². The molecular weight excluding hydrogens is 355 g/mol. The Hall–Kier alpha value is -3.73. The summed E-state index contributed by atoms with van der Waals surface area (Å²) >= 11 is 0. The van der Waals surface area contributed by atoms with Gasteiger partial charge < -0.3 is 9.88 Å². The number of benzene rings is 3. The van der Waals surface area contributed by atoms with E-state index >= 15 is 0 Å². The van der Waals surface area contributed by atoms with E-state index in [0.29, 0.717) is 16.8 Å². The van der Waals surface area contributed by atoms with Crippen LogP contribution in [0.1, 0.15) is 15.9 Å². The van der Waals surface area contributed by atoms with Gasteiger partial charge in [-0.25, -0.2) is 4.39 Å². The predicted molar refractivity (Wildman–Crippen MR) is 107 cm³/mol. The Kier molecular flexibility index (Phi) is 4.72. The molecule has 0 fully saturated rings. The molecule has 3 aromatic carbocycles. The van der Waals surface area contributed by atoms with Crippen LogP contribution in [0.3, 0.4) is 0 Å². The average molecular weight is 372 g/mol. The third-order valence-electron chi connectivity index (χ3n) is 4.51. The van der Waals surface area contributed by atoms with Gasteiger partial charge in [0, 0.05) is 33.9 Å². The number of fused-ring (bicyclic) bond motifs is 1. The Balaban J connectivity index is 1.63. The quantitative estimate of drug-likeness (QED) is 0.519. The summed E-state index contributed by atoms with van der Waals surface area (Å²) in [4.78, 5) is 25.4. The Morgan fingerprint density at radius 3 is 2.29 bits per heavy atom. The van der Waals surface area contributed by atoms with Crippen molar-refractivity contribution in [3.8, 4) is 0 Å². The molecule has 0 bridgehead atoms. The molecule has 1 amide bonds. The summed E-state index contributed by atoms with van der Waals surface area (Å²) in [6.45, 7) is 0.0416. The van der Waals surface area contributed by atoms with Gasteiger partial charge in [-0.05, 0) is 30.3 Å². The molecule has 0 aliphatic heterocycles. The monoisotopic (exact) mass is 372 g/mol. The van der Waals surface area contributed by atoms with E-state index in [1.165, 1.54) is 24.3 Å². The van der Waals surface area contributed by atoms with Crippen molar-refractivity contribution < 1.29 is 14.0 Å². The molecular formula is C23H17FN2O2. The van der Waals surface area contributed by atoms with Gasteiger partial charge in [0.25, 0.3) is 0 Å². The lowest BCUT2D eigenvalue weighted by Gasteiger charge is -2.07. The molecule has 0 saturated heterocycles. The zero-order valence-corrected chi connectivity index (χ0v) is 14.9. The van der Waals surface area contributed by atoms with Crippen LogP contribution in [0.25, 0.3) is 10.9 Å². The van der Waals surface area contributed by atoms with Crippen molar-refractivity contribution >= 4 is 28.3 Å². The first-order chi connectivity index (χ1) is 13.6. The molecule has 0 aliphatic carbocycles. The molecule has 4 nitrogen and oxygen atoms in total. The summed E-state index contributed by atoms with van der Waals surface area (Å²) in [5, 5.41) is 3.54. The topological polar surface area (TPSA) is 51.1 Å². The number of rotatable bonds is 5. The second kappa shape index (κ2) is 7.48. The van der Waals surface area contributed by atoms with Crippen LogP contribution in [-0.4, -0.2) is 16.3 Å². The number of nitrogens with one attached hydrogen (secondary N) is 1. The van der Waals surface area contributed by atoms with Crippen LogP contribution in [0.15, 0.2) is 85.1 Å². The van der Waals surface area contributed by atoms with Crippen LogP contribution in [-0.2, 0) is 11.3 Å². The van der Waals surface area contributed by atoms with E-state index in [9.17, 15) is 14.0 Å². The van der Waals surface area contributed by atoms with Crippen molar-refractivity contribution in [1.29, 1.82) is 0 Å². The van der Waals surface area contributed by atoms with Crippen molar-refractivity contribution in [3.63, 3.8) is 0 Å². The average Bonchev–Trinajstić information content (AvgIpc) is 3.08. The van der Waals surface area contributed by atoms with Gasteiger partial charge in [0.15, 0.2) is 5.78 Å². The maximum absolute atomic E-state index is 13.0. The van der Waals surface area contributed by atoms with E-state index in [4.69, 9.17) is 0 Å². The number of aromatic nitrogens is 1. The molecule has 1 N–H and O–H groups in total. The highest BCUT2D eigenvalue weighted by Gasteiger charge is 2.17. The molecule has 4 aromatic rings. The summed E-state index contributed by atoms with van der Waals surface area (Å²) in [5.74, 6) is -0.709. The molecule has 28 heavy (non-hydrogen) atoms. The normalized spacial score (nSPS) is 10.8. The molecule has 0 radical (unpaired) electrons. The standard InChI is InChI=1S/C23H17FN2O2/c24-17-10-12-18(13-11-17)25-22(27)15-26-14-20(19-8-4-5-9-21(19)26)23(28)16-6-2-1-3-7-16/h1-14H,15H2,(H,25,27). The predicted octanol–water partition coefficient (Wildman–Crippen LogP) is 4.65. The molecule has 5 heteroatoms. The van der Waals surface area contributed by atoms with Gasteiger partial charge in [-0.15, -0.1) is 0 Å². The van der Waals surface area contributed by atoms with Crippen molar-refractivity contribution in [3.05, 3.63) is 102 Å². The van der Waals surface area contributed by atoms with Crippen LogP contribution in [0.4, 0.5) is 10.1 Å². The van der Waals surface area contributed by atoms with Crippen LogP contribution < -0.4 is 5.32 Å². The fourth-order valence-corrected chi connectivity index (χ4v) is 3.19. The maximum atomic E-state index is 13.0. The zero-order chi connectivity index (χ0) is 19.5. The minimum atomic E-state index is -0.363. The summed E-state index contributed by atoms with van der Waals surface area (Å²) < 4.78 is 14.8. The number of ketones is 1. The molecule has 0 aliphatic rings. The number of carbonyl (C=O) groups is 2. The van der Waals surface area contributed by atoms with E-state index < -0.39 is 0 Å². The molecule has 0 unspecified atom stereocenters. The second-order valence-corrected chi connectivity index (χ2v) is 6.44. The lowest BCUT2D eigenvalue weighted by molar-refractivity contribution is -0.116. The number of para-hydroxylation sites is 1. The van der Waals surface area contributed by atoms with Crippen molar-refractivity contribution in [2.45, 2.75) is 6.54 Å². The Bertz CT molecular complexity index is 1150. The van der Waals surface area contributed by atoms with Crippen molar-refractivity contribution in [1.82, 2.24) is 4.57 Å². The maximum Gasteiger partial charge on any atom is 0.244 e. The molecule has 4 rings (SSSR count). The van der Waals surface area contributed by atoms with Crippen molar-refractivity contribution in [2.24, 2.45) is 0 Å². The number of hydrogen-bond donors (Lipinski definition) is 1. The molecule has 0 saturated carbocycles. The summed E-state index contributed by atoms with van der Waals surface area (Å²) in [6, 6.07) is 22.1. The zero-order valence-electron chi connectivity index (χ0n) is 14.9. The van der Waals surface area contributed by atoms with Gasteiger partial charge in [-0.1, -0.05) is 48.5 Å². The van der Waals surface area contributed by atoms with Gasteiger partial charge in [0.05, 0.1) is 0 Å². The molecule has 1 aromatic heterocycles. The highest BCUT2D eigenvalue weighted by molar-refractivity contribution is 6.16. The number of nitrogens with zero attached hydrogens (tertiary/aromatic N) is 1. The number of halogens is 1. The van der Waals surface area contributed by atoms with Crippen LogP contribution in [0.5, 0.6) is 0 Å². The first kappa shape index (κ1) is 17.7. The minimum absolute atomic E-state index is 0.0416. The van der Waals surface area contributed by atoms with Gasteiger partial charge in [0.1, 0.15) is 12.4 Å². The Morgan fingerprint density at radius 1 is 0.857 bits per heavy atom. The van der Waals surface area contributed by atoms with E-state index in [0.717, 1.165) is 10.9 Å². The molecule has 138 valence electrons. The van der Waals surface area contributed by atoms with E-state index in [-0.39, 0.29) is 24.1 Å². The smallest absolute Gasteiger partial charge is 0.244 e. The number of carbonyl (C=O) groups excluding carboxylic acids is 2. The summed E-state index contributed by atoms with van der Waals surface area (Å²) in [7, 11) is 0. The van der Waals surface area contributed by atoms with Gasteiger partial charge in [0.2, 0.25) is 5.91 Å². The van der Waals surface area contributed by atoms with Crippen LogP contribution in [0.2, 0.25) is 0 Å². The fourth-order valence-electron chi connectivity index (χ4n) is 3.19. The third kappa shape index (κ3) is 3.55. The van der Waals surface area contributed by atoms with Crippen LogP contribution in [0, 0.1) is 5.82 Å². The lowest BCUT2D eigenvalue weighted by atomic mass is 10.0. The van der Waals surface area contributed by atoms with E-state index in [2.05, 4.69) is 5.32 Å². The van der Waals surface area contributed by atoms with E-state index in [1.54, 1.807) is 22.9 Å². The highest BCUT2D eigenvalue weighted by Crippen LogP contribution is 2.24. The Morgan fingerprint density at radius 2 is 1.54 bits per heavy atom. The number of amides is 1. The highest BCUT2D eigenvalue weighted by atomic mass is 19.1. The Labute approximate surface area is 161 Å². The summed E-state index contributed by atoms with van der Waals surface area (Å²) in [6.07, 6.45) is 1.71. The van der Waals surface area contributed by atoms with Gasteiger partial charge in [-0.2, -0.15) is 0 Å². The number of hydrogen-bond acceptors (Lipinski definition) is 2. The second-order valence-electron chi connectivity index (χ2n) is 6.44. The first-order valence-electron chi connectivity index (χ1n) is 8.85. The van der Waals surface area contributed by atoms with Gasteiger partial charge in [-0.3, -0.25) is 9.59 Å². The molecule has 0 spiro atoms. The van der Waals surface area contributed by atoms with Gasteiger partial charge >= 0.3 is 0 Å².